The molecule has 3 aliphatic heterocycles. The Labute approximate surface area is 230 Å². The summed E-state index contributed by atoms with van der Waals surface area (Å²) in [6.45, 7) is 6.19. The van der Waals surface area contributed by atoms with Gasteiger partial charge in [0.1, 0.15) is 6.04 Å². The quantitative estimate of drug-likeness (QED) is 0.408. The average molecular weight is 589 g/mol. The van der Waals surface area contributed by atoms with E-state index < -0.39 is 28.7 Å². The predicted molar refractivity (Wildman–Crippen MR) is 151 cm³/mol. The number of anilines is 1. The number of rotatable bonds is 8. The van der Waals surface area contributed by atoms with Crippen LogP contribution in [0.15, 0.2) is 42.5 Å². The van der Waals surface area contributed by atoms with Crippen molar-refractivity contribution in [2.45, 2.75) is 60.5 Å². The molecule has 3 saturated heterocycles. The van der Waals surface area contributed by atoms with Crippen LogP contribution in [0.25, 0.3) is 10.8 Å². The van der Waals surface area contributed by atoms with E-state index in [1.807, 2.05) is 63.2 Å². The maximum Gasteiger partial charge on any atom is 0.248 e. The van der Waals surface area contributed by atoms with Crippen LogP contribution in [0.1, 0.15) is 33.6 Å². The van der Waals surface area contributed by atoms with Crippen molar-refractivity contribution in [3.8, 4) is 0 Å². The third-order valence-electron chi connectivity index (χ3n) is 8.16. The minimum Gasteiger partial charge on any atom is -0.394 e. The fourth-order valence-electron chi connectivity index (χ4n) is 6.49. The standard InChI is InChI=1S/C28H34BrN3O4S/c1-4-11-30-25(34)21-22-27(36)32(20(14-33)15(2)3)24(28(22)13-19(29)23(21)37-28)26(35)31-18-10-9-16-7-5-6-8-17(16)12-18/h5-10,12,15,19-24,33H,4,11,13-14H2,1-3H3,(H,30,34)(H,31,35)/t19?,20-,21+,22-,23+,24?,28?/m0/s1. The number of hydrogen-bond acceptors (Lipinski definition) is 5. The fraction of sp³-hybridized carbons (Fsp3) is 0.536. The second kappa shape index (κ2) is 10.2. The molecule has 0 saturated carbocycles. The Balaban J connectivity index is 1.54. The number of aliphatic hydroxyl groups excluding tert-OH is 1. The molecule has 37 heavy (non-hydrogen) atoms. The van der Waals surface area contributed by atoms with Gasteiger partial charge in [-0.25, -0.2) is 0 Å². The smallest absolute Gasteiger partial charge is 0.248 e. The lowest BCUT2D eigenvalue weighted by molar-refractivity contribution is -0.142. The highest BCUT2D eigenvalue weighted by Crippen LogP contribution is 2.68. The molecule has 3 unspecified atom stereocenters. The molecule has 1 spiro atoms. The van der Waals surface area contributed by atoms with Crippen LogP contribution < -0.4 is 10.6 Å². The van der Waals surface area contributed by atoms with E-state index in [-0.39, 0.29) is 40.3 Å². The Morgan fingerprint density at radius 1 is 1.19 bits per heavy atom. The molecule has 3 fully saturated rings. The summed E-state index contributed by atoms with van der Waals surface area (Å²) < 4.78 is -0.743. The summed E-state index contributed by atoms with van der Waals surface area (Å²) in [4.78, 5) is 43.2. The number of likely N-dealkylation sites (tertiary alicyclic amines) is 1. The van der Waals surface area contributed by atoms with Crippen molar-refractivity contribution in [1.82, 2.24) is 10.2 Å². The van der Waals surface area contributed by atoms with Crippen molar-refractivity contribution in [2.24, 2.45) is 17.8 Å². The van der Waals surface area contributed by atoms with E-state index in [0.29, 0.717) is 18.7 Å². The molecular weight excluding hydrogens is 554 g/mol. The summed E-state index contributed by atoms with van der Waals surface area (Å²) in [5, 5.41) is 18.4. The maximum absolute atomic E-state index is 14.1. The molecule has 9 heteroatoms. The molecule has 7 atom stereocenters. The van der Waals surface area contributed by atoms with Crippen LogP contribution in [0.4, 0.5) is 5.69 Å². The monoisotopic (exact) mass is 587 g/mol. The number of alkyl halides is 1. The SMILES string of the molecule is CCCNC(=O)[C@H]1[C@@H]2SC3(CC2Br)C(C(=O)Nc2ccc4ccccc4c2)N([C@@H](CO)C(C)C)C(=O)[C@H]13. The Hall–Kier alpha value is -2.10. The Bertz CT molecular complexity index is 1220. The average Bonchev–Trinajstić information content (AvgIpc) is 3.46. The van der Waals surface area contributed by atoms with E-state index in [2.05, 4.69) is 26.6 Å². The molecule has 2 aromatic rings. The third kappa shape index (κ3) is 4.27. The van der Waals surface area contributed by atoms with Crippen LogP contribution in [-0.2, 0) is 14.4 Å². The lowest BCUT2D eigenvalue weighted by Crippen LogP contribution is -2.56. The van der Waals surface area contributed by atoms with Gasteiger partial charge in [-0.1, -0.05) is 67.0 Å². The van der Waals surface area contributed by atoms with Crippen molar-refractivity contribution in [3.63, 3.8) is 0 Å². The number of aliphatic hydroxyl groups is 1. The van der Waals surface area contributed by atoms with Crippen molar-refractivity contribution in [3.05, 3.63) is 42.5 Å². The second-order valence-electron chi connectivity index (χ2n) is 10.7. The molecule has 5 rings (SSSR count). The van der Waals surface area contributed by atoms with E-state index in [1.54, 1.807) is 16.7 Å². The van der Waals surface area contributed by atoms with Gasteiger partial charge < -0.3 is 20.6 Å². The van der Waals surface area contributed by atoms with Crippen LogP contribution in [-0.4, -0.2) is 67.8 Å². The summed E-state index contributed by atoms with van der Waals surface area (Å²) in [6, 6.07) is 12.4. The van der Waals surface area contributed by atoms with Gasteiger partial charge in [0.25, 0.3) is 0 Å². The fourth-order valence-corrected chi connectivity index (χ4v) is 10.1. The first-order valence-electron chi connectivity index (χ1n) is 13.1. The van der Waals surface area contributed by atoms with E-state index in [9.17, 15) is 19.5 Å². The molecule has 0 aromatic heterocycles. The highest BCUT2D eigenvalue weighted by atomic mass is 79.9. The Kier molecular flexibility index (Phi) is 7.33. The number of thioether (sulfide) groups is 1. The van der Waals surface area contributed by atoms with Crippen molar-refractivity contribution < 1.29 is 19.5 Å². The van der Waals surface area contributed by atoms with Gasteiger partial charge in [-0.15, -0.1) is 11.8 Å². The van der Waals surface area contributed by atoms with Gasteiger partial charge >= 0.3 is 0 Å². The highest BCUT2D eigenvalue weighted by Gasteiger charge is 2.76. The van der Waals surface area contributed by atoms with E-state index >= 15 is 0 Å². The van der Waals surface area contributed by atoms with Gasteiger partial charge in [-0.2, -0.15) is 0 Å². The second-order valence-corrected chi connectivity index (χ2v) is 13.5. The van der Waals surface area contributed by atoms with Crippen molar-refractivity contribution in [1.29, 1.82) is 0 Å². The molecule has 3 N–H and O–H groups in total. The molecule has 2 aromatic carbocycles. The van der Waals surface area contributed by atoms with Crippen LogP contribution in [0.3, 0.4) is 0 Å². The van der Waals surface area contributed by atoms with Gasteiger partial charge in [0.05, 0.1) is 29.2 Å². The van der Waals surface area contributed by atoms with Gasteiger partial charge in [-0.05, 0) is 41.7 Å². The largest absolute Gasteiger partial charge is 0.394 e. The highest BCUT2D eigenvalue weighted by molar-refractivity contribution is 9.09. The lowest BCUT2D eigenvalue weighted by atomic mass is 9.70. The molecular formula is C28H34BrN3O4S. The third-order valence-corrected chi connectivity index (χ3v) is 11.4. The zero-order valence-electron chi connectivity index (χ0n) is 21.3. The summed E-state index contributed by atoms with van der Waals surface area (Å²) in [7, 11) is 0. The molecule has 2 bridgehead atoms. The van der Waals surface area contributed by atoms with Gasteiger partial charge in [0.15, 0.2) is 0 Å². The first kappa shape index (κ1) is 26.5. The zero-order chi connectivity index (χ0) is 26.5. The number of carbonyl (C=O) groups excluding carboxylic acids is 3. The van der Waals surface area contributed by atoms with Gasteiger partial charge in [0, 0.05) is 22.3 Å². The maximum atomic E-state index is 14.1. The van der Waals surface area contributed by atoms with Gasteiger partial charge in [0.2, 0.25) is 17.7 Å². The van der Waals surface area contributed by atoms with Crippen molar-refractivity contribution in [2.75, 3.05) is 18.5 Å². The topological polar surface area (TPSA) is 98.7 Å². The lowest BCUT2D eigenvalue weighted by Gasteiger charge is -2.38. The summed E-state index contributed by atoms with van der Waals surface area (Å²) in [6.07, 6.45) is 1.42. The number of nitrogens with zero attached hydrogens (tertiary/aromatic N) is 1. The van der Waals surface area contributed by atoms with E-state index in [1.165, 1.54) is 0 Å². The van der Waals surface area contributed by atoms with E-state index in [0.717, 1.165) is 17.2 Å². The zero-order valence-corrected chi connectivity index (χ0v) is 23.7. The number of amides is 3. The molecule has 3 heterocycles. The normalized spacial score (nSPS) is 31.1. The summed E-state index contributed by atoms with van der Waals surface area (Å²) in [5.41, 5.74) is 0.659. The number of fused-ring (bicyclic) bond motifs is 2. The molecule has 0 radical (unpaired) electrons. The van der Waals surface area contributed by atoms with Crippen LogP contribution in [0, 0.1) is 17.8 Å². The van der Waals surface area contributed by atoms with Crippen LogP contribution in [0.5, 0.6) is 0 Å². The number of hydrogen-bond donors (Lipinski definition) is 3. The molecule has 3 aliphatic rings. The Morgan fingerprint density at radius 2 is 1.92 bits per heavy atom. The summed E-state index contributed by atoms with van der Waals surface area (Å²) >= 11 is 5.40. The number of carbonyl (C=O) groups is 3. The molecule has 3 amide bonds. The number of nitrogens with one attached hydrogen (secondary N) is 2. The predicted octanol–water partition coefficient (Wildman–Crippen LogP) is 3.79. The summed E-state index contributed by atoms with van der Waals surface area (Å²) in [5.74, 6) is -1.77. The minimum atomic E-state index is -0.796. The first-order valence-corrected chi connectivity index (χ1v) is 14.8. The molecule has 198 valence electrons. The Morgan fingerprint density at radius 3 is 2.59 bits per heavy atom. The van der Waals surface area contributed by atoms with E-state index in [4.69, 9.17) is 0 Å². The minimum absolute atomic E-state index is 0.0153. The molecule has 0 aliphatic carbocycles. The molecule has 7 nitrogen and oxygen atoms in total. The number of halogens is 1. The van der Waals surface area contributed by atoms with Crippen LogP contribution >= 0.6 is 27.7 Å². The van der Waals surface area contributed by atoms with Crippen LogP contribution in [0.2, 0.25) is 0 Å². The number of benzene rings is 2. The van der Waals surface area contributed by atoms with Crippen molar-refractivity contribution >= 4 is 61.9 Å². The van der Waals surface area contributed by atoms with Gasteiger partial charge in [-0.3, -0.25) is 14.4 Å². The first-order chi connectivity index (χ1) is 17.7.